The normalized spacial score (nSPS) is 16.1. The molecule has 1 aromatic rings. The molecule has 8 nitrogen and oxygen atoms in total. The first-order valence-corrected chi connectivity index (χ1v) is 10.8. The standard InChI is InChI=1S/C18H23F3N2O6S/c1-2-28-16(24)6-9-22-17(25)13-7-10-23(11-8-13)30(26,27)15-5-3-4-14(12-15)29-18(19,20)21/h3-5,12-13H,2,6-11H2,1H3,(H,22,25). The number of benzene rings is 1. The van der Waals surface area contributed by atoms with Gasteiger partial charge in [-0.05, 0) is 31.9 Å². The van der Waals surface area contributed by atoms with Gasteiger partial charge in [0.15, 0.2) is 0 Å². The molecule has 1 aromatic carbocycles. The maximum atomic E-state index is 12.7. The lowest BCUT2D eigenvalue weighted by atomic mass is 9.97. The summed E-state index contributed by atoms with van der Waals surface area (Å²) in [4.78, 5) is 23.1. The molecular weight excluding hydrogens is 429 g/mol. The van der Waals surface area contributed by atoms with Gasteiger partial charge in [-0.2, -0.15) is 4.31 Å². The van der Waals surface area contributed by atoms with Gasteiger partial charge in [0, 0.05) is 31.6 Å². The predicted octanol–water partition coefficient (Wildman–Crippen LogP) is 2.06. The highest BCUT2D eigenvalue weighted by atomic mass is 32.2. The fourth-order valence-electron chi connectivity index (χ4n) is 3.00. The van der Waals surface area contributed by atoms with Gasteiger partial charge < -0.3 is 14.8 Å². The topological polar surface area (TPSA) is 102 Å². The van der Waals surface area contributed by atoms with Crippen LogP contribution in [0.15, 0.2) is 29.2 Å². The largest absolute Gasteiger partial charge is 0.573 e. The molecule has 1 fully saturated rings. The molecule has 0 aromatic heterocycles. The van der Waals surface area contributed by atoms with Gasteiger partial charge in [0.25, 0.3) is 0 Å². The van der Waals surface area contributed by atoms with Gasteiger partial charge in [-0.1, -0.05) is 6.07 Å². The number of hydrogen-bond acceptors (Lipinski definition) is 6. The molecule has 12 heteroatoms. The van der Waals surface area contributed by atoms with E-state index in [4.69, 9.17) is 4.74 Å². The quantitative estimate of drug-likeness (QED) is 0.606. The lowest BCUT2D eigenvalue weighted by Crippen LogP contribution is -2.43. The second-order valence-electron chi connectivity index (χ2n) is 6.55. The highest BCUT2D eigenvalue weighted by Crippen LogP contribution is 2.28. The van der Waals surface area contributed by atoms with Crippen molar-refractivity contribution in [3.63, 3.8) is 0 Å². The van der Waals surface area contributed by atoms with Crippen molar-refractivity contribution in [2.75, 3.05) is 26.2 Å². The Morgan fingerprint density at radius 1 is 1.23 bits per heavy atom. The number of sulfonamides is 1. The van der Waals surface area contributed by atoms with Gasteiger partial charge in [0.1, 0.15) is 5.75 Å². The number of halogens is 3. The Bertz CT molecular complexity index is 852. The average Bonchev–Trinajstić information content (AvgIpc) is 2.67. The van der Waals surface area contributed by atoms with Crippen molar-refractivity contribution in [1.82, 2.24) is 9.62 Å². The summed E-state index contributed by atoms with van der Waals surface area (Å²) in [5, 5.41) is 2.63. The van der Waals surface area contributed by atoms with Crippen molar-refractivity contribution in [3.05, 3.63) is 24.3 Å². The number of piperidine rings is 1. The smallest absolute Gasteiger partial charge is 0.466 e. The Hall–Kier alpha value is -2.34. The number of amides is 1. The second kappa shape index (κ2) is 10.1. The van der Waals surface area contributed by atoms with Crippen LogP contribution >= 0.6 is 0 Å². The molecule has 1 saturated heterocycles. The Morgan fingerprint density at radius 3 is 2.50 bits per heavy atom. The van der Waals surface area contributed by atoms with E-state index in [1.165, 1.54) is 6.07 Å². The third-order valence-electron chi connectivity index (χ3n) is 4.44. The minimum atomic E-state index is -4.93. The average molecular weight is 452 g/mol. The number of esters is 1. The molecule has 0 atom stereocenters. The SMILES string of the molecule is CCOC(=O)CCNC(=O)C1CCN(S(=O)(=O)c2cccc(OC(F)(F)F)c2)CC1. The number of hydrogen-bond donors (Lipinski definition) is 1. The van der Waals surface area contributed by atoms with E-state index in [0.29, 0.717) is 0 Å². The van der Waals surface area contributed by atoms with Gasteiger partial charge in [-0.3, -0.25) is 9.59 Å². The zero-order valence-electron chi connectivity index (χ0n) is 16.3. The van der Waals surface area contributed by atoms with Crippen LogP contribution in [0.3, 0.4) is 0 Å². The van der Waals surface area contributed by atoms with Crippen LogP contribution in [-0.4, -0.2) is 57.2 Å². The van der Waals surface area contributed by atoms with Crippen LogP contribution in [0.4, 0.5) is 13.2 Å². The van der Waals surface area contributed by atoms with Gasteiger partial charge in [-0.15, -0.1) is 13.2 Å². The fraction of sp³-hybridized carbons (Fsp3) is 0.556. The van der Waals surface area contributed by atoms with E-state index in [-0.39, 0.29) is 56.3 Å². The number of ether oxygens (including phenoxy) is 2. The van der Waals surface area contributed by atoms with Gasteiger partial charge in [0.05, 0.1) is 17.9 Å². The molecule has 0 radical (unpaired) electrons. The van der Waals surface area contributed by atoms with Crippen molar-refractivity contribution in [2.24, 2.45) is 5.92 Å². The highest BCUT2D eigenvalue weighted by Gasteiger charge is 2.34. The number of alkyl halides is 3. The van der Waals surface area contributed by atoms with Gasteiger partial charge >= 0.3 is 12.3 Å². The monoisotopic (exact) mass is 452 g/mol. The van der Waals surface area contributed by atoms with E-state index in [1.54, 1.807) is 6.92 Å². The molecule has 1 amide bonds. The predicted molar refractivity (Wildman–Crippen MR) is 98.9 cm³/mol. The Kier molecular flexibility index (Phi) is 8.07. The molecule has 1 heterocycles. The van der Waals surface area contributed by atoms with E-state index in [2.05, 4.69) is 10.1 Å². The van der Waals surface area contributed by atoms with Crippen molar-refractivity contribution < 1.29 is 40.7 Å². The molecule has 1 N–H and O–H groups in total. The zero-order chi connectivity index (χ0) is 22.4. The van der Waals surface area contributed by atoms with Gasteiger partial charge in [-0.25, -0.2) is 8.42 Å². The summed E-state index contributed by atoms with van der Waals surface area (Å²) in [7, 11) is -4.03. The lowest BCUT2D eigenvalue weighted by molar-refractivity contribution is -0.274. The first-order valence-electron chi connectivity index (χ1n) is 9.32. The van der Waals surface area contributed by atoms with Crippen molar-refractivity contribution >= 4 is 21.9 Å². The molecule has 168 valence electrons. The van der Waals surface area contributed by atoms with Crippen LogP contribution < -0.4 is 10.1 Å². The molecule has 0 bridgehead atoms. The zero-order valence-corrected chi connectivity index (χ0v) is 17.1. The van der Waals surface area contributed by atoms with Gasteiger partial charge in [0.2, 0.25) is 15.9 Å². The highest BCUT2D eigenvalue weighted by molar-refractivity contribution is 7.89. The Labute approximate surface area is 172 Å². The third kappa shape index (κ3) is 6.87. The molecule has 1 aliphatic rings. The van der Waals surface area contributed by atoms with E-state index >= 15 is 0 Å². The first kappa shape index (κ1) is 23.9. The van der Waals surface area contributed by atoms with Crippen molar-refractivity contribution in [3.8, 4) is 5.75 Å². The summed E-state index contributed by atoms with van der Waals surface area (Å²) in [6, 6.07) is 4.18. The lowest BCUT2D eigenvalue weighted by Gasteiger charge is -2.30. The summed E-state index contributed by atoms with van der Waals surface area (Å²) in [5.41, 5.74) is 0. The Morgan fingerprint density at radius 2 is 1.90 bits per heavy atom. The minimum absolute atomic E-state index is 0.0443. The maximum Gasteiger partial charge on any atom is 0.573 e. The van der Waals surface area contributed by atoms with Crippen LogP contribution in [0.5, 0.6) is 5.75 Å². The number of nitrogens with zero attached hydrogens (tertiary/aromatic N) is 1. The summed E-state index contributed by atoms with van der Waals surface area (Å²) in [5.74, 6) is -1.75. The van der Waals surface area contributed by atoms with Crippen molar-refractivity contribution in [2.45, 2.75) is 37.4 Å². The summed E-state index contributed by atoms with van der Waals surface area (Å²) in [6.45, 7) is 2.15. The number of nitrogens with one attached hydrogen (secondary N) is 1. The molecule has 0 aliphatic carbocycles. The van der Waals surface area contributed by atoms with Crippen LogP contribution in [0, 0.1) is 5.92 Å². The van der Waals surface area contributed by atoms with E-state index in [0.717, 1.165) is 22.5 Å². The number of rotatable bonds is 8. The summed E-state index contributed by atoms with van der Waals surface area (Å²) >= 11 is 0. The van der Waals surface area contributed by atoms with E-state index < -0.39 is 34.0 Å². The van der Waals surface area contributed by atoms with Crippen LogP contribution in [0.25, 0.3) is 0 Å². The van der Waals surface area contributed by atoms with E-state index in [9.17, 15) is 31.2 Å². The maximum absolute atomic E-state index is 12.7. The molecule has 0 spiro atoms. The molecule has 0 saturated carbocycles. The van der Waals surface area contributed by atoms with E-state index in [1.807, 2.05) is 0 Å². The number of carbonyl (C=O) groups excluding carboxylic acids is 2. The molecule has 30 heavy (non-hydrogen) atoms. The number of carbonyl (C=O) groups is 2. The Balaban J connectivity index is 1.91. The fourth-order valence-corrected chi connectivity index (χ4v) is 4.51. The third-order valence-corrected chi connectivity index (χ3v) is 6.33. The first-order chi connectivity index (χ1) is 14.0. The molecular formula is C18H23F3N2O6S. The molecule has 1 aliphatic heterocycles. The van der Waals surface area contributed by atoms with Crippen molar-refractivity contribution in [1.29, 1.82) is 0 Å². The summed E-state index contributed by atoms with van der Waals surface area (Å²) in [6.07, 6.45) is -4.38. The van der Waals surface area contributed by atoms with Crippen LogP contribution in [-0.2, 0) is 24.3 Å². The molecule has 0 unspecified atom stereocenters. The molecule has 2 rings (SSSR count). The van der Waals surface area contributed by atoms with Crippen LogP contribution in [0.1, 0.15) is 26.2 Å². The second-order valence-corrected chi connectivity index (χ2v) is 8.49. The minimum Gasteiger partial charge on any atom is -0.466 e. The summed E-state index contributed by atoms with van der Waals surface area (Å²) < 4.78 is 72.2. The van der Waals surface area contributed by atoms with Crippen LogP contribution in [0.2, 0.25) is 0 Å².